The molecule has 0 bridgehead atoms. The number of hydrogen-bond acceptors (Lipinski definition) is 2. The number of rotatable bonds is 2. The highest BCUT2D eigenvalue weighted by atomic mass is 16.1. The summed E-state index contributed by atoms with van der Waals surface area (Å²) in [5.41, 5.74) is 1.95. The number of aldehydes is 1. The highest BCUT2D eigenvalue weighted by molar-refractivity contribution is 5.56. The highest BCUT2D eigenvalue weighted by Gasteiger charge is 1.88. The predicted octanol–water partition coefficient (Wildman–Crippen LogP) is 1.67. The molecule has 0 amide bonds. The van der Waals surface area contributed by atoms with Gasteiger partial charge in [0, 0.05) is 18.3 Å². The Bertz CT molecular complexity index is 347. The van der Waals surface area contributed by atoms with Gasteiger partial charge in [-0.3, -0.25) is 0 Å². The average Bonchev–Trinajstić information content (AvgIpc) is 2.19. The van der Waals surface area contributed by atoms with Crippen LogP contribution in [-0.2, 0) is 4.79 Å². The van der Waals surface area contributed by atoms with Crippen LogP contribution in [0.15, 0.2) is 24.3 Å². The van der Waals surface area contributed by atoms with Gasteiger partial charge in [0.25, 0.3) is 0 Å². The Morgan fingerprint density at radius 1 is 1.54 bits per heavy atom. The third-order valence-electron chi connectivity index (χ3n) is 1.57. The lowest BCUT2D eigenvalue weighted by Gasteiger charge is -1.98. The Balaban J connectivity index is 2.78. The first-order valence-corrected chi connectivity index (χ1v) is 4.07. The number of carbonyl (C=O) groups is 1. The summed E-state index contributed by atoms with van der Waals surface area (Å²) in [6.45, 7) is 0. The van der Waals surface area contributed by atoms with Crippen molar-refractivity contribution in [3.05, 3.63) is 29.8 Å². The van der Waals surface area contributed by atoms with Gasteiger partial charge in [-0.05, 0) is 18.2 Å². The van der Waals surface area contributed by atoms with Crippen LogP contribution in [0.25, 0.3) is 0 Å². The van der Waals surface area contributed by atoms with Crippen LogP contribution in [0.4, 0.5) is 5.69 Å². The van der Waals surface area contributed by atoms with Crippen molar-refractivity contribution in [2.75, 3.05) is 12.4 Å². The van der Waals surface area contributed by atoms with Crippen molar-refractivity contribution < 1.29 is 4.79 Å². The molecule has 0 aliphatic carbocycles. The molecule has 0 heterocycles. The molecular formula is C11H11NO. The number of nitrogens with one attached hydrogen (secondary N) is 1. The zero-order valence-corrected chi connectivity index (χ0v) is 7.50. The molecule has 66 valence electrons. The topological polar surface area (TPSA) is 29.1 Å². The lowest BCUT2D eigenvalue weighted by Crippen LogP contribution is -1.87. The Morgan fingerprint density at radius 2 is 2.38 bits per heavy atom. The molecular weight excluding hydrogens is 162 g/mol. The molecule has 0 aromatic heterocycles. The highest BCUT2D eigenvalue weighted by Crippen LogP contribution is 2.07. The number of hydrogen-bond donors (Lipinski definition) is 1. The van der Waals surface area contributed by atoms with E-state index in [9.17, 15) is 4.79 Å². The van der Waals surface area contributed by atoms with Crippen LogP contribution >= 0.6 is 0 Å². The minimum Gasteiger partial charge on any atom is -0.388 e. The summed E-state index contributed by atoms with van der Waals surface area (Å²) in [4.78, 5) is 10.0. The van der Waals surface area contributed by atoms with Gasteiger partial charge in [-0.1, -0.05) is 17.9 Å². The standard InChI is InChI=1S/C11H11NO/c1-12-11-7-4-6-10(9-11)5-2-3-8-13/h4,6-9,12H,3H2,1H3. The number of carbonyl (C=O) groups excluding carboxylic acids is 1. The summed E-state index contributed by atoms with van der Waals surface area (Å²) in [6, 6.07) is 7.75. The van der Waals surface area contributed by atoms with Crippen molar-refractivity contribution in [1.29, 1.82) is 0 Å². The van der Waals surface area contributed by atoms with Gasteiger partial charge in [0.1, 0.15) is 6.29 Å². The molecule has 2 nitrogen and oxygen atoms in total. The monoisotopic (exact) mass is 173 g/mol. The van der Waals surface area contributed by atoms with Gasteiger partial charge in [0.15, 0.2) is 0 Å². The molecule has 0 spiro atoms. The lowest BCUT2D eigenvalue weighted by atomic mass is 10.2. The van der Waals surface area contributed by atoms with Crippen LogP contribution < -0.4 is 5.32 Å². The molecule has 0 atom stereocenters. The summed E-state index contributed by atoms with van der Waals surface area (Å²) in [5.74, 6) is 5.66. The molecule has 0 fully saturated rings. The Morgan fingerprint density at radius 3 is 3.08 bits per heavy atom. The van der Waals surface area contributed by atoms with E-state index in [1.165, 1.54) is 0 Å². The van der Waals surface area contributed by atoms with Crippen molar-refractivity contribution in [2.24, 2.45) is 0 Å². The Kier molecular flexibility index (Phi) is 3.59. The quantitative estimate of drug-likeness (QED) is 0.544. The fourth-order valence-corrected chi connectivity index (χ4v) is 0.947. The van der Waals surface area contributed by atoms with Gasteiger partial charge in [-0.2, -0.15) is 0 Å². The van der Waals surface area contributed by atoms with Crippen molar-refractivity contribution in [3.63, 3.8) is 0 Å². The molecule has 0 saturated heterocycles. The molecule has 0 saturated carbocycles. The number of anilines is 1. The van der Waals surface area contributed by atoms with E-state index in [-0.39, 0.29) is 0 Å². The largest absolute Gasteiger partial charge is 0.388 e. The zero-order chi connectivity index (χ0) is 9.52. The van der Waals surface area contributed by atoms with E-state index in [0.717, 1.165) is 17.5 Å². The molecule has 0 aliphatic rings. The molecule has 1 aromatic rings. The van der Waals surface area contributed by atoms with Crippen LogP contribution in [0.5, 0.6) is 0 Å². The third-order valence-corrected chi connectivity index (χ3v) is 1.57. The average molecular weight is 173 g/mol. The minimum absolute atomic E-state index is 0.295. The van der Waals surface area contributed by atoms with Crippen molar-refractivity contribution >= 4 is 12.0 Å². The first-order valence-electron chi connectivity index (χ1n) is 4.07. The van der Waals surface area contributed by atoms with Gasteiger partial charge in [0.05, 0.1) is 6.42 Å². The van der Waals surface area contributed by atoms with E-state index in [4.69, 9.17) is 0 Å². The SMILES string of the molecule is CNc1cccc(C#CCC=O)c1. The Hall–Kier alpha value is -1.75. The second kappa shape index (κ2) is 5.00. The van der Waals surface area contributed by atoms with E-state index in [1.54, 1.807) is 0 Å². The van der Waals surface area contributed by atoms with Crippen molar-refractivity contribution in [2.45, 2.75) is 6.42 Å². The fraction of sp³-hybridized carbons (Fsp3) is 0.182. The van der Waals surface area contributed by atoms with E-state index in [2.05, 4.69) is 17.2 Å². The minimum atomic E-state index is 0.295. The second-order valence-electron chi connectivity index (χ2n) is 2.50. The molecule has 1 aromatic carbocycles. The first kappa shape index (κ1) is 9.34. The number of benzene rings is 1. The summed E-state index contributed by atoms with van der Waals surface area (Å²) in [5, 5.41) is 3.02. The van der Waals surface area contributed by atoms with Gasteiger partial charge >= 0.3 is 0 Å². The predicted molar refractivity (Wildman–Crippen MR) is 53.5 cm³/mol. The Labute approximate surface area is 78.0 Å². The lowest BCUT2D eigenvalue weighted by molar-refractivity contribution is -0.107. The molecule has 0 radical (unpaired) electrons. The van der Waals surface area contributed by atoms with Gasteiger partial charge < -0.3 is 10.1 Å². The second-order valence-corrected chi connectivity index (χ2v) is 2.50. The normalized spacial score (nSPS) is 8.38. The first-order chi connectivity index (χ1) is 6.36. The van der Waals surface area contributed by atoms with E-state index >= 15 is 0 Å². The van der Waals surface area contributed by atoms with Gasteiger partial charge in [-0.25, -0.2) is 0 Å². The van der Waals surface area contributed by atoms with Crippen LogP contribution in [0.1, 0.15) is 12.0 Å². The fourth-order valence-electron chi connectivity index (χ4n) is 0.947. The van der Waals surface area contributed by atoms with E-state index < -0.39 is 0 Å². The van der Waals surface area contributed by atoms with Gasteiger partial charge in [0.2, 0.25) is 0 Å². The smallest absolute Gasteiger partial charge is 0.131 e. The van der Waals surface area contributed by atoms with Crippen LogP contribution in [-0.4, -0.2) is 13.3 Å². The summed E-state index contributed by atoms with van der Waals surface area (Å²) in [7, 11) is 1.86. The maximum Gasteiger partial charge on any atom is 0.131 e. The molecule has 2 heteroatoms. The van der Waals surface area contributed by atoms with Crippen molar-refractivity contribution in [3.8, 4) is 11.8 Å². The third kappa shape index (κ3) is 3.00. The van der Waals surface area contributed by atoms with E-state index in [1.807, 2.05) is 31.3 Å². The van der Waals surface area contributed by atoms with Crippen LogP contribution in [0.3, 0.4) is 0 Å². The maximum absolute atomic E-state index is 10.0. The summed E-state index contributed by atoms with van der Waals surface area (Å²) in [6.07, 6.45) is 1.10. The molecule has 1 rings (SSSR count). The molecule has 0 unspecified atom stereocenters. The molecule has 13 heavy (non-hydrogen) atoms. The zero-order valence-electron chi connectivity index (χ0n) is 7.50. The molecule has 0 aliphatic heterocycles. The molecule has 1 N–H and O–H groups in total. The summed E-state index contributed by atoms with van der Waals surface area (Å²) >= 11 is 0. The van der Waals surface area contributed by atoms with Crippen molar-refractivity contribution in [1.82, 2.24) is 0 Å². The van der Waals surface area contributed by atoms with Crippen LogP contribution in [0.2, 0.25) is 0 Å². The van der Waals surface area contributed by atoms with E-state index in [0.29, 0.717) is 6.42 Å². The van der Waals surface area contributed by atoms with Gasteiger partial charge in [-0.15, -0.1) is 0 Å². The van der Waals surface area contributed by atoms with Crippen LogP contribution in [0, 0.1) is 11.8 Å². The summed E-state index contributed by atoms with van der Waals surface area (Å²) < 4.78 is 0. The maximum atomic E-state index is 10.0.